The van der Waals surface area contributed by atoms with Gasteiger partial charge in [-0.3, -0.25) is 4.98 Å². The number of nitrogens with one attached hydrogen (secondary N) is 2. The van der Waals surface area contributed by atoms with Gasteiger partial charge in [-0.15, -0.1) is 0 Å². The smallest absolute Gasteiger partial charge is 0.316 e. The third-order valence-corrected chi connectivity index (χ3v) is 1.58. The number of rotatable bonds is 4. The molecule has 76 valence electrons. The highest BCUT2D eigenvalue weighted by molar-refractivity contribution is 5.73. The first-order valence-electron chi connectivity index (χ1n) is 4.22. The van der Waals surface area contributed by atoms with Crippen LogP contribution in [0.25, 0.3) is 0 Å². The molecule has 0 aliphatic rings. The van der Waals surface area contributed by atoms with Crippen LogP contribution in [0.3, 0.4) is 0 Å². The van der Waals surface area contributed by atoms with Gasteiger partial charge in [0, 0.05) is 26.0 Å². The Labute approximate surface area is 82.5 Å². The molecule has 14 heavy (non-hydrogen) atoms. The van der Waals surface area contributed by atoms with Crippen molar-refractivity contribution < 1.29 is 9.53 Å². The van der Waals surface area contributed by atoms with Crippen molar-refractivity contribution in [3.8, 4) is 0 Å². The minimum Gasteiger partial charge on any atom is -0.364 e. The lowest BCUT2D eigenvalue weighted by Crippen LogP contribution is -2.36. The first-order chi connectivity index (χ1) is 6.83. The van der Waals surface area contributed by atoms with Gasteiger partial charge >= 0.3 is 6.03 Å². The molecule has 0 aliphatic heterocycles. The Kier molecular flexibility index (Phi) is 4.43. The van der Waals surface area contributed by atoms with E-state index >= 15 is 0 Å². The molecule has 0 atom stereocenters. The number of ether oxygens (including phenoxy) is 1. The summed E-state index contributed by atoms with van der Waals surface area (Å²) in [6, 6.07) is 3.44. The molecule has 0 aliphatic carbocycles. The molecule has 0 saturated heterocycles. The maximum Gasteiger partial charge on any atom is 0.316 e. The summed E-state index contributed by atoms with van der Waals surface area (Å²) in [5.74, 6) is 0. The van der Waals surface area contributed by atoms with Crippen molar-refractivity contribution >= 4 is 6.03 Å². The molecule has 1 aromatic heterocycles. The second-order valence-electron chi connectivity index (χ2n) is 2.65. The largest absolute Gasteiger partial charge is 0.364 e. The van der Waals surface area contributed by atoms with Crippen LogP contribution in [0.15, 0.2) is 24.5 Å². The third-order valence-electron chi connectivity index (χ3n) is 1.58. The average molecular weight is 195 g/mol. The molecule has 1 rings (SSSR count). The fourth-order valence-electron chi connectivity index (χ4n) is 0.883. The fraction of sp³-hybridized carbons (Fsp3) is 0.333. The van der Waals surface area contributed by atoms with Crippen LogP contribution in [-0.4, -0.2) is 24.9 Å². The summed E-state index contributed by atoms with van der Waals surface area (Å²) in [7, 11) is 1.52. The first-order valence-corrected chi connectivity index (χ1v) is 4.22. The maximum absolute atomic E-state index is 11.1. The number of urea groups is 1. The molecule has 0 aromatic carbocycles. The number of methoxy groups -OCH3 is 1. The predicted molar refractivity (Wildman–Crippen MR) is 51.5 cm³/mol. The first kappa shape index (κ1) is 10.5. The Balaban J connectivity index is 2.24. The number of hydrogen-bond acceptors (Lipinski definition) is 3. The number of amides is 2. The van der Waals surface area contributed by atoms with Crippen LogP contribution < -0.4 is 10.6 Å². The Hall–Kier alpha value is -1.62. The van der Waals surface area contributed by atoms with Crippen molar-refractivity contribution in [3.05, 3.63) is 30.1 Å². The maximum atomic E-state index is 11.1. The predicted octanol–water partition coefficient (Wildman–Crippen LogP) is 0.485. The lowest BCUT2D eigenvalue weighted by atomic mass is 10.3. The van der Waals surface area contributed by atoms with Crippen LogP contribution in [0.5, 0.6) is 0 Å². The molecule has 5 nitrogen and oxygen atoms in total. The molecule has 5 heteroatoms. The van der Waals surface area contributed by atoms with Crippen molar-refractivity contribution in [3.63, 3.8) is 0 Å². The highest BCUT2D eigenvalue weighted by Gasteiger charge is 1.97. The molecule has 0 spiro atoms. The lowest BCUT2D eigenvalue weighted by molar-refractivity contribution is 0.172. The zero-order valence-corrected chi connectivity index (χ0v) is 7.99. The van der Waals surface area contributed by atoms with Crippen LogP contribution in [0.1, 0.15) is 5.56 Å². The normalized spacial score (nSPS) is 9.50. The van der Waals surface area contributed by atoms with E-state index in [4.69, 9.17) is 0 Å². The van der Waals surface area contributed by atoms with Gasteiger partial charge in [0.05, 0.1) is 0 Å². The van der Waals surface area contributed by atoms with Crippen LogP contribution in [0.4, 0.5) is 4.79 Å². The van der Waals surface area contributed by atoms with Gasteiger partial charge < -0.3 is 15.4 Å². The van der Waals surface area contributed by atoms with Gasteiger partial charge in [-0.1, -0.05) is 0 Å². The van der Waals surface area contributed by atoms with E-state index in [1.807, 2.05) is 12.1 Å². The van der Waals surface area contributed by atoms with E-state index in [9.17, 15) is 4.79 Å². The van der Waals surface area contributed by atoms with E-state index in [0.717, 1.165) is 5.56 Å². The molecule has 2 N–H and O–H groups in total. The number of pyridine rings is 1. The van der Waals surface area contributed by atoms with Crippen LogP contribution >= 0.6 is 0 Å². The standard InChI is InChI=1S/C9H13N3O2/c1-14-7-12-9(13)11-6-8-2-4-10-5-3-8/h2-5H,6-7H2,1H3,(H2,11,12,13). The molecule has 0 fully saturated rings. The molecular formula is C9H13N3O2. The van der Waals surface area contributed by atoms with Crippen LogP contribution in [0.2, 0.25) is 0 Å². The van der Waals surface area contributed by atoms with Gasteiger partial charge in [0.25, 0.3) is 0 Å². The van der Waals surface area contributed by atoms with Crippen molar-refractivity contribution in [1.29, 1.82) is 0 Å². The second kappa shape index (κ2) is 5.93. The third kappa shape index (κ3) is 3.86. The van der Waals surface area contributed by atoms with Crippen molar-refractivity contribution in [2.24, 2.45) is 0 Å². The summed E-state index contributed by atoms with van der Waals surface area (Å²) in [6.07, 6.45) is 3.37. The van der Waals surface area contributed by atoms with Crippen LogP contribution in [-0.2, 0) is 11.3 Å². The zero-order chi connectivity index (χ0) is 10.2. The summed E-state index contributed by atoms with van der Waals surface area (Å²) < 4.78 is 4.68. The summed E-state index contributed by atoms with van der Waals surface area (Å²) in [6.45, 7) is 0.695. The van der Waals surface area contributed by atoms with Gasteiger partial charge in [-0.05, 0) is 17.7 Å². The Morgan fingerprint density at radius 1 is 1.43 bits per heavy atom. The quantitative estimate of drug-likeness (QED) is 0.687. The number of nitrogens with zero attached hydrogens (tertiary/aromatic N) is 1. The highest BCUT2D eigenvalue weighted by Crippen LogP contribution is 1.94. The topological polar surface area (TPSA) is 63.2 Å². The molecule has 0 bridgehead atoms. The summed E-state index contributed by atoms with van der Waals surface area (Å²) in [5.41, 5.74) is 1.01. The average Bonchev–Trinajstić information content (AvgIpc) is 2.25. The number of hydrogen-bond donors (Lipinski definition) is 2. The number of carbonyl (C=O) groups is 1. The Morgan fingerprint density at radius 3 is 2.79 bits per heavy atom. The number of carbonyl (C=O) groups excluding carboxylic acids is 1. The molecule has 1 aromatic rings. The molecule has 0 radical (unpaired) electrons. The minimum absolute atomic E-state index is 0.210. The highest BCUT2D eigenvalue weighted by atomic mass is 16.5. The number of aromatic nitrogens is 1. The Morgan fingerprint density at radius 2 is 2.14 bits per heavy atom. The summed E-state index contributed by atoms with van der Waals surface area (Å²) in [4.78, 5) is 14.9. The van der Waals surface area contributed by atoms with Crippen molar-refractivity contribution in [1.82, 2.24) is 15.6 Å². The lowest BCUT2D eigenvalue weighted by Gasteiger charge is -2.06. The monoisotopic (exact) mass is 195 g/mol. The van der Waals surface area contributed by atoms with Gasteiger partial charge in [0.15, 0.2) is 0 Å². The zero-order valence-electron chi connectivity index (χ0n) is 7.99. The van der Waals surface area contributed by atoms with Crippen molar-refractivity contribution in [2.45, 2.75) is 6.54 Å². The van der Waals surface area contributed by atoms with E-state index in [2.05, 4.69) is 20.4 Å². The van der Waals surface area contributed by atoms with E-state index in [1.54, 1.807) is 12.4 Å². The van der Waals surface area contributed by atoms with E-state index in [1.165, 1.54) is 7.11 Å². The van der Waals surface area contributed by atoms with E-state index in [-0.39, 0.29) is 12.8 Å². The van der Waals surface area contributed by atoms with E-state index < -0.39 is 0 Å². The van der Waals surface area contributed by atoms with E-state index in [0.29, 0.717) is 6.54 Å². The second-order valence-corrected chi connectivity index (χ2v) is 2.65. The summed E-state index contributed by atoms with van der Waals surface area (Å²) >= 11 is 0. The van der Waals surface area contributed by atoms with Gasteiger partial charge in [-0.25, -0.2) is 4.79 Å². The SMILES string of the molecule is COCNC(=O)NCc1ccncc1. The van der Waals surface area contributed by atoms with Crippen LogP contribution in [0, 0.1) is 0 Å². The molecule has 0 saturated carbocycles. The molecular weight excluding hydrogens is 182 g/mol. The minimum atomic E-state index is -0.247. The molecule has 2 amide bonds. The molecule has 0 unspecified atom stereocenters. The molecule has 1 heterocycles. The van der Waals surface area contributed by atoms with Gasteiger partial charge in [0.2, 0.25) is 0 Å². The Bertz CT molecular complexity index is 277. The van der Waals surface area contributed by atoms with Gasteiger partial charge in [0.1, 0.15) is 6.73 Å². The summed E-state index contributed by atoms with van der Waals surface area (Å²) in [5, 5.41) is 5.19. The van der Waals surface area contributed by atoms with Crippen molar-refractivity contribution in [2.75, 3.05) is 13.8 Å². The van der Waals surface area contributed by atoms with Gasteiger partial charge in [-0.2, -0.15) is 0 Å². The fourth-order valence-corrected chi connectivity index (χ4v) is 0.883.